The van der Waals surface area contributed by atoms with Crippen LogP contribution in [-0.4, -0.2) is 48.6 Å². The molecule has 2 aliphatic rings. The lowest BCUT2D eigenvalue weighted by molar-refractivity contribution is 0.0904. The molecule has 3 rings (SSSR count). The Morgan fingerprint density at radius 2 is 2.35 bits per heavy atom. The summed E-state index contributed by atoms with van der Waals surface area (Å²) in [5.74, 6) is 1.04. The highest BCUT2D eigenvalue weighted by Crippen LogP contribution is 2.27. The van der Waals surface area contributed by atoms with Gasteiger partial charge in [-0.25, -0.2) is 4.98 Å². The summed E-state index contributed by atoms with van der Waals surface area (Å²) in [6.07, 6.45) is 2.31. The van der Waals surface area contributed by atoms with Crippen molar-refractivity contribution in [3.63, 3.8) is 0 Å². The number of fused-ring (bicyclic) bond motifs is 2. The van der Waals surface area contributed by atoms with Crippen molar-refractivity contribution in [2.45, 2.75) is 18.9 Å². The number of amides is 1. The number of nitrogens with zero attached hydrogens (tertiary/aromatic N) is 2. The lowest BCUT2D eigenvalue weighted by Crippen LogP contribution is -2.47. The molecule has 1 amide bonds. The predicted molar refractivity (Wildman–Crippen MR) is 76.2 cm³/mol. The van der Waals surface area contributed by atoms with Crippen molar-refractivity contribution >= 4 is 17.5 Å². The lowest BCUT2D eigenvalue weighted by Gasteiger charge is -2.30. The molecule has 20 heavy (non-hydrogen) atoms. The van der Waals surface area contributed by atoms with Gasteiger partial charge in [0.1, 0.15) is 5.69 Å². The monoisotopic (exact) mass is 295 g/mol. The molecule has 0 radical (unpaired) electrons. The van der Waals surface area contributed by atoms with Gasteiger partial charge in [-0.2, -0.15) is 0 Å². The first-order valence-corrected chi connectivity index (χ1v) is 7.27. The number of carbonyl (C=O) groups excluding carboxylic acids is 1. The Hall–Kier alpha value is -1.33. The van der Waals surface area contributed by atoms with E-state index < -0.39 is 0 Å². The highest BCUT2D eigenvalue weighted by atomic mass is 35.5. The van der Waals surface area contributed by atoms with Crippen LogP contribution < -0.4 is 10.1 Å². The third kappa shape index (κ3) is 2.74. The van der Waals surface area contributed by atoms with Crippen LogP contribution in [0.1, 0.15) is 23.3 Å². The quantitative estimate of drug-likeness (QED) is 0.860. The molecular formula is C14H18ClN3O2. The van der Waals surface area contributed by atoms with Gasteiger partial charge in [-0.3, -0.25) is 4.79 Å². The maximum Gasteiger partial charge on any atom is 0.270 e. The van der Waals surface area contributed by atoms with E-state index in [1.807, 2.05) is 0 Å². The van der Waals surface area contributed by atoms with Gasteiger partial charge in [-0.1, -0.05) is 11.6 Å². The zero-order valence-electron chi connectivity index (χ0n) is 11.4. The number of hydrogen-bond donors (Lipinski definition) is 1. The van der Waals surface area contributed by atoms with Crippen LogP contribution in [0.25, 0.3) is 0 Å². The van der Waals surface area contributed by atoms with Crippen LogP contribution in [0.3, 0.4) is 0 Å². The number of hydrogen-bond acceptors (Lipinski definition) is 4. The van der Waals surface area contributed by atoms with Crippen LogP contribution in [0, 0.1) is 5.92 Å². The summed E-state index contributed by atoms with van der Waals surface area (Å²) in [4.78, 5) is 18.7. The van der Waals surface area contributed by atoms with Gasteiger partial charge in [0, 0.05) is 19.1 Å². The van der Waals surface area contributed by atoms with Crippen molar-refractivity contribution in [2.75, 3.05) is 26.7 Å². The maximum absolute atomic E-state index is 12.2. The molecule has 2 bridgehead atoms. The molecule has 2 saturated heterocycles. The molecule has 0 aliphatic carbocycles. The van der Waals surface area contributed by atoms with E-state index in [-0.39, 0.29) is 17.1 Å². The van der Waals surface area contributed by atoms with Crippen LogP contribution >= 0.6 is 11.6 Å². The molecule has 2 fully saturated rings. The molecular weight excluding hydrogens is 278 g/mol. The molecule has 1 aromatic heterocycles. The predicted octanol–water partition coefficient (Wildman–Crippen LogP) is 1.57. The average molecular weight is 296 g/mol. The maximum atomic E-state index is 12.2. The number of piperidine rings is 1. The molecule has 1 N–H and O–H groups in total. The van der Waals surface area contributed by atoms with Gasteiger partial charge in [0.05, 0.1) is 7.11 Å². The first-order valence-electron chi connectivity index (χ1n) is 6.89. The molecule has 0 aromatic carbocycles. The Morgan fingerprint density at radius 1 is 1.50 bits per heavy atom. The molecule has 3 heterocycles. The smallest absolute Gasteiger partial charge is 0.270 e. The van der Waals surface area contributed by atoms with E-state index in [9.17, 15) is 4.79 Å². The number of methoxy groups -OCH3 is 1. The van der Waals surface area contributed by atoms with E-state index in [0.29, 0.717) is 11.4 Å². The van der Waals surface area contributed by atoms with Crippen LogP contribution in [-0.2, 0) is 0 Å². The van der Waals surface area contributed by atoms with Crippen molar-refractivity contribution in [3.05, 3.63) is 23.0 Å². The van der Waals surface area contributed by atoms with Gasteiger partial charge in [0.25, 0.3) is 5.91 Å². The summed E-state index contributed by atoms with van der Waals surface area (Å²) in [6, 6.07) is 3.52. The third-order valence-electron chi connectivity index (χ3n) is 4.07. The first kappa shape index (κ1) is 13.6. The highest BCUT2D eigenvalue weighted by Gasteiger charge is 2.33. The van der Waals surface area contributed by atoms with Crippen LogP contribution in [0.2, 0.25) is 5.15 Å². The van der Waals surface area contributed by atoms with Crippen molar-refractivity contribution in [1.29, 1.82) is 0 Å². The van der Waals surface area contributed by atoms with Gasteiger partial charge >= 0.3 is 0 Å². The summed E-state index contributed by atoms with van der Waals surface area (Å²) in [5.41, 5.74) is 0.337. The summed E-state index contributed by atoms with van der Waals surface area (Å²) < 4.78 is 5.03. The van der Waals surface area contributed by atoms with E-state index in [1.54, 1.807) is 12.1 Å². The lowest BCUT2D eigenvalue weighted by atomic mass is 9.97. The van der Waals surface area contributed by atoms with Crippen molar-refractivity contribution < 1.29 is 9.53 Å². The third-order valence-corrected chi connectivity index (χ3v) is 4.34. The second kappa shape index (κ2) is 5.58. The fourth-order valence-electron chi connectivity index (χ4n) is 3.12. The summed E-state index contributed by atoms with van der Waals surface area (Å²) in [5, 5.41) is 3.27. The van der Waals surface area contributed by atoms with Gasteiger partial charge in [-0.15, -0.1) is 0 Å². The molecule has 5 nitrogen and oxygen atoms in total. The SMILES string of the molecule is COc1ccc(C(=O)NC2CC3CCN(C3)C2)nc1Cl. The number of rotatable bonds is 3. The van der Waals surface area contributed by atoms with Gasteiger partial charge in [0.15, 0.2) is 10.9 Å². The summed E-state index contributed by atoms with van der Waals surface area (Å²) in [6.45, 7) is 3.27. The van der Waals surface area contributed by atoms with E-state index in [4.69, 9.17) is 16.3 Å². The largest absolute Gasteiger partial charge is 0.494 e. The molecule has 0 spiro atoms. The fraction of sp³-hybridized carbons (Fsp3) is 0.571. The first-order chi connectivity index (χ1) is 9.65. The standard InChI is InChI=1S/C14H18ClN3O2/c1-20-12-3-2-11(17-13(12)15)14(19)16-10-6-9-4-5-18(7-9)8-10/h2-3,9-10H,4-8H2,1H3,(H,16,19). The van der Waals surface area contributed by atoms with E-state index in [0.717, 1.165) is 25.4 Å². The minimum atomic E-state index is -0.165. The van der Waals surface area contributed by atoms with E-state index >= 15 is 0 Å². The zero-order valence-corrected chi connectivity index (χ0v) is 12.2. The van der Waals surface area contributed by atoms with Crippen LogP contribution in [0.5, 0.6) is 5.75 Å². The summed E-state index contributed by atoms with van der Waals surface area (Å²) in [7, 11) is 1.52. The van der Waals surface area contributed by atoms with Gasteiger partial charge in [0.2, 0.25) is 0 Å². The molecule has 1 aromatic rings. The van der Waals surface area contributed by atoms with Crippen molar-refractivity contribution in [3.8, 4) is 5.75 Å². The number of halogens is 1. The topological polar surface area (TPSA) is 54.5 Å². The summed E-state index contributed by atoms with van der Waals surface area (Å²) >= 11 is 5.95. The number of ether oxygens (including phenoxy) is 1. The van der Waals surface area contributed by atoms with Crippen molar-refractivity contribution in [2.24, 2.45) is 5.92 Å². The Labute approximate surface area is 123 Å². The van der Waals surface area contributed by atoms with Crippen LogP contribution in [0.15, 0.2) is 12.1 Å². The number of pyridine rings is 1. The normalized spacial score (nSPS) is 28.2. The second-order valence-corrected chi connectivity index (χ2v) is 5.87. The Kier molecular flexibility index (Phi) is 3.81. The molecule has 0 saturated carbocycles. The molecule has 2 aliphatic heterocycles. The van der Waals surface area contributed by atoms with E-state index in [2.05, 4.69) is 15.2 Å². The molecule has 3 unspecified atom stereocenters. The number of aromatic nitrogens is 1. The fourth-order valence-corrected chi connectivity index (χ4v) is 3.35. The Morgan fingerprint density at radius 3 is 3.05 bits per heavy atom. The minimum absolute atomic E-state index is 0.165. The average Bonchev–Trinajstić information content (AvgIpc) is 2.77. The Balaban J connectivity index is 1.65. The highest BCUT2D eigenvalue weighted by molar-refractivity contribution is 6.31. The van der Waals surface area contributed by atoms with Gasteiger partial charge < -0.3 is 15.0 Å². The van der Waals surface area contributed by atoms with Gasteiger partial charge in [-0.05, 0) is 37.4 Å². The number of carbonyl (C=O) groups is 1. The van der Waals surface area contributed by atoms with Crippen molar-refractivity contribution in [1.82, 2.24) is 15.2 Å². The number of nitrogens with one attached hydrogen (secondary N) is 1. The molecule has 108 valence electrons. The molecule has 3 atom stereocenters. The van der Waals surface area contributed by atoms with E-state index in [1.165, 1.54) is 20.1 Å². The minimum Gasteiger partial charge on any atom is -0.494 e. The zero-order chi connectivity index (χ0) is 14.1. The molecule has 6 heteroatoms. The van der Waals surface area contributed by atoms with Crippen LogP contribution in [0.4, 0.5) is 0 Å². The Bertz CT molecular complexity index is 511. The second-order valence-electron chi connectivity index (χ2n) is 5.51.